The second-order valence-corrected chi connectivity index (χ2v) is 2.41. The van der Waals surface area contributed by atoms with E-state index in [-0.39, 0.29) is 17.4 Å². The number of hydrogen-bond acceptors (Lipinski definition) is 0. The Hall–Kier alpha value is 0.532. The van der Waals surface area contributed by atoms with E-state index in [9.17, 15) is 0 Å². The fraction of sp³-hybridized carbons (Fsp3) is 1.00. The van der Waals surface area contributed by atoms with Crippen LogP contribution < -0.4 is 0 Å². The molecule has 56 valence electrons. The van der Waals surface area contributed by atoms with Crippen LogP contribution in [0.25, 0.3) is 0 Å². The first kappa shape index (κ1) is 12.2. The summed E-state index contributed by atoms with van der Waals surface area (Å²) in [5, 5.41) is 0. The van der Waals surface area contributed by atoms with E-state index in [1.807, 2.05) is 0 Å². The van der Waals surface area contributed by atoms with Crippen molar-refractivity contribution in [3.05, 3.63) is 0 Å². The van der Waals surface area contributed by atoms with Crippen molar-refractivity contribution in [2.24, 2.45) is 0 Å². The van der Waals surface area contributed by atoms with Crippen LogP contribution in [0.5, 0.6) is 0 Å². The summed E-state index contributed by atoms with van der Waals surface area (Å²) in [6.45, 7) is 4.51. The monoisotopic (exact) mass is 166 g/mol. The normalized spacial score (nSPS) is 8.67. The maximum absolute atomic E-state index is 2.26. The van der Waals surface area contributed by atoms with Crippen molar-refractivity contribution in [3.8, 4) is 0 Å². The Morgan fingerprint density at radius 1 is 0.667 bits per heavy atom. The largest absolute Gasteiger partial charge is 0.0654 e. The van der Waals surface area contributed by atoms with Gasteiger partial charge in [-0.1, -0.05) is 52.4 Å². The molecule has 1 heteroatoms. The van der Waals surface area contributed by atoms with Crippen LogP contribution in [0.15, 0.2) is 0 Å². The summed E-state index contributed by atoms with van der Waals surface area (Å²) < 4.78 is 0. The topological polar surface area (TPSA) is 0 Å². The SMILES string of the molecule is CCCCCCCC.[Cr]. The first-order valence-electron chi connectivity index (χ1n) is 3.91. The predicted octanol–water partition coefficient (Wildman–Crippen LogP) is 3.36. The Kier molecular flexibility index (Phi) is 15.4. The molecule has 0 aromatic heterocycles. The molecule has 0 heterocycles. The maximum Gasteiger partial charge on any atom is 0 e. The molecule has 0 atom stereocenters. The van der Waals surface area contributed by atoms with Gasteiger partial charge in [0.1, 0.15) is 0 Å². The molecule has 0 aliphatic rings. The van der Waals surface area contributed by atoms with E-state index in [0.29, 0.717) is 0 Å². The van der Waals surface area contributed by atoms with Crippen LogP contribution in [-0.4, -0.2) is 0 Å². The van der Waals surface area contributed by atoms with Crippen LogP contribution in [0.3, 0.4) is 0 Å². The van der Waals surface area contributed by atoms with Gasteiger partial charge in [0, 0.05) is 17.4 Å². The van der Waals surface area contributed by atoms with E-state index in [4.69, 9.17) is 0 Å². The number of hydrogen-bond donors (Lipinski definition) is 0. The van der Waals surface area contributed by atoms with Gasteiger partial charge in [-0.3, -0.25) is 0 Å². The van der Waals surface area contributed by atoms with Crippen LogP contribution in [0.2, 0.25) is 0 Å². The van der Waals surface area contributed by atoms with Crippen LogP contribution in [0, 0.1) is 0 Å². The zero-order chi connectivity index (χ0) is 6.24. The first-order chi connectivity index (χ1) is 3.91. The molecular weight excluding hydrogens is 148 g/mol. The van der Waals surface area contributed by atoms with Crippen molar-refractivity contribution in [1.29, 1.82) is 0 Å². The summed E-state index contributed by atoms with van der Waals surface area (Å²) in [5.74, 6) is 0. The molecule has 0 fully saturated rings. The molecular formula is C8H18Cr. The molecule has 0 amide bonds. The molecule has 0 rings (SSSR count). The van der Waals surface area contributed by atoms with Crippen molar-refractivity contribution in [1.82, 2.24) is 0 Å². The Morgan fingerprint density at radius 3 is 1.22 bits per heavy atom. The fourth-order valence-electron chi connectivity index (χ4n) is 0.854. The van der Waals surface area contributed by atoms with Crippen LogP contribution >= 0.6 is 0 Å². The van der Waals surface area contributed by atoms with Crippen molar-refractivity contribution in [3.63, 3.8) is 0 Å². The standard InChI is InChI=1S/C8H18.Cr/c1-3-5-7-8-6-4-2;/h3-8H2,1-2H3;. The minimum absolute atomic E-state index is 0. The average molecular weight is 166 g/mol. The molecule has 0 aromatic carbocycles. The van der Waals surface area contributed by atoms with Gasteiger partial charge in [-0.25, -0.2) is 0 Å². The van der Waals surface area contributed by atoms with Gasteiger partial charge in [-0.05, 0) is 0 Å². The Labute approximate surface area is 70.2 Å². The average Bonchev–Trinajstić information content (AvgIpc) is 1.81. The number of unbranched alkanes of at least 4 members (excludes halogenated alkanes) is 5. The second-order valence-electron chi connectivity index (χ2n) is 2.41. The van der Waals surface area contributed by atoms with Gasteiger partial charge in [0.15, 0.2) is 0 Å². The molecule has 0 nitrogen and oxygen atoms in total. The second kappa shape index (κ2) is 11.3. The van der Waals surface area contributed by atoms with Gasteiger partial charge in [0.05, 0.1) is 0 Å². The van der Waals surface area contributed by atoms with E-state index < -0.39 is 0 Å². The molecule has 0 aromatic rings. The maximum atomic E-state index is 2.26. The minimum Gasteiger partial charge on any atom is -0.0654 e. The third-order valence-corrected chi connectivity index (χ3v) is 1.46. The molecule has 9 heavy (non-hydrogen) atoms. The van der Waals surface area contributed by atoms with Gasteiger partial charge < -0.3 is 0 Å². The van der Waals surface area contributed by atoms with Crippen LogP contribution in [-0.2, 0) is 17.4 Å². The van der Waals surface area contributed by atoms with Crippen LogP contribution in [0.4, 0.5) is 0 Å². The van der Waals surface area contributed by atoms with Crippen LogP contribution in [0.1, 0.15) is 52.4 Å². The molecule has 0 spiro atoms. The summed E-state index contributed by atoms with van der Waals surface area (Å²) >= 11 is 0. The van der Waals surface area contributed by atoms with Gasteiger partial charge in [-0.15, -0.1) is 0 Å². The van der Waals surface area contributed by atoms with Gasteiger partial charge >= 0.3 is 0 Å². The smallest absolute Gasteiger partial charge is 0 e. The Balaban J connectivity index is 0. The van der Waals surface area contributed by atoms with E-state index >= 15 is 0 Å². The fourth-order valence-corrected chi connectivity index (χ4v) is 0.854. The molecule has 0 unspecified atom stereocenters. The van der Waals surface area contributed by atoms with Gasteiger partial charge in [0.2, 0.25) is 0 Å². The third kappa shape index (κ3) is 11.9. The first-order valence-corrected chi connectivity index (χ1v) is 3.91. The Bertz CT molecular complexity index is 29.5. The summed E-state index contributed by atoms with van der Waals surface area (Å²) in [7, 11) is 0. The zero-order valence-corrected chi connectivity index (χ0v) is 7.93. The molecule has 0 radical (unpaired) electrons. The molecule has 0 N–H and O–H groups in total. The molecule has 0 aliphatic carbocycles. The summed E-state index contributed by atoms with van der Waals surface area (Å²) in [6.07, 6.45) is 8.49. The Morgan fingerprint density at radius 2 is 1.00 bits per heavy atom. The quantitative estimate of drug-likeness (QED) is 0.549. The van der Waals surface area contributed by atoms with Crippen molar-refractivity contribution >= 4 is 0 Å². The summed E-state index contributed by atoms with van der Waals surface area (Å²) in [6, 6.07) is 0. The predicted molar refractivity (Wildman–Crippen MR) is 39.0 cm³/mol. The van der Waals surface area contributed by atoms with Crippen molar-refractivity contribution in [2.45, 2.75) is 52.4 Å². The zero-order valence-electron chi connectivity index (χ0n) is 6.65. The van der Waals surface area contributed by atoms with Crippen molar-refractivity contribution in [2.75, 3.05) is 0 Å². The van der Waals surface area contributed by atoms with Crippen molar-refractivity contribution < 1.29 is 17.4 Å². The summed E-state index contributed by atoms with van der Waals surface area (Å²) in [5.41, 5.74) is 0. The molecule has 0 saturated carbocycles. The number of rotatable bonds is 5. The van der Waals surface area contributed by atoms with E-state index in [0.717, 1.165) is 0 Å². The minimum atomic E-state index is 0. The molecule has 0 bridgehead atoms. The molecule has 0 aliphatic heterocycles. The van der Waals surface area contributed by atoms with E-state index in [2.05, 4.69) is 13.8 Å². The van der Waals surface area contributed by atoms with Gasteiger partial charge in [0.25, 0.3) is 0 Å². The van der Waals surface area contributed by atoms with E-state index in [1.165, 1.54) is 38.5 Å². The van der Waals surface area contributed by atoms with E-state index in [1.54, 1.807) is 0 Å². The third-order valence-electron chi connectivity index (χ3n) is 1.46. The molecule has 0 saturated heterocycles. The van der Waals surface area contributed by atoms with Gasteiger partial charge in [-0.2, -0.15) is 0 Å². The summed E-state index contributed by atoms with van der Waals surface area (Å²) in [4.78, 5) is 0.